The van der Waals surface area contributed by atoms with Crippen molar-refractivity contribution in [2.45, 2.75) is 40.0 Å². The predicted molar refractivity (Wildman–Crippen MR) is 65.3 cm³/mol. The molecule has 0 atom stereocenters. The van der Waals surface area contributed by atoms with Crippen LogP contribution in [0.1, 0.15) is 40.0 Å². The van der Waals surface area contributed by atoms with Gasteiger partial charge in [-0.15, -0.1) is 0 Å². The number of carbonyl (C=O) groups is 1. The maximum Gasteiger partial charge on any atom is 0.224 e. The molecule has 0 aromatic heterocycles. The molecule has 0 radical (unpaired) electrons. The summed E-state index contributed by atoms with van der Waals surface area (Å²) in [5.41, 5.74) is 0.377. The quantitative estimate of drug-likeness (QED) is 0.740. The molecule has 94 valence electrons. The number of amides is 1. The van der Waals surface area contributed by atoms with Crippen LogP contribution in [0.4, 0.5) is 0 Å². The first kappa shape index (κ1) is 13.5. The van der Waals surface area contributed by atoms with Crippen LogP contribution >= 0.6 is 0 Å². The molecule has 1 heterocycles. The molecular formula is C13H25NO2. The molecule has 0 spiro atoms. The fourth-order valence-corrected chi connectivity index (χ4v) is 2.34. The van der Waals surface area contributed by atoms with Gasteiger partial charge >= 0.3 is 0 Å². The molecule has 1 aliphatic rings. The average Bonchev–Trinajstić information content (AvgIpc) is 2.25. The van der Waals surface area contributed by atoms with Crippen LogP contribution < -0.4 is 0 Å². The number of hydrogen-bond donors (Lipinski definition) is 0. The van der Waals surface area contributed by atoms with Gasteiger partial charge in [0.25, 0.3) is 0 Å². The van der Waals surface area contributed by atoms with Crippen molar-refractivity contribution in [3.63, 3.8) is 0 Å². The van der Waals surface area contributed by atoms with Gasteiger partial charge in [0.2, 0.25) is 5.91 Å². The minimum absolute atomic E-state index is 0.245. The summed E-state index contributed by atoms with van der Waals surface area (Å²) >= 11 is 0. The van der Waals surface area contributed by atoms with Crippen molar-refractivity contribution in [2.24, 2.45) is 11.3 Å². The minimum Gasteiger partial charge on any atom is -0.384 e. The van der Waals surface area contributed by atoms with Gasteiger partial charge in [-0.05, 0) is 24.2 Å². The summed E-state index contributed by atoms with van der Waals surface area (Å²) in [6.45, 7) is 9.26. The number of nitrogens with zero attached hydrogens (tertiary/aromatic N) is 1. The second-order valence-corrected chi connectivity index (χ2v) is 5.76. The Morgan fingerprint density at radius 2 is 1.88 bits per heavy atom. The van der Waals surface area contributed by atoms with Crippen molar-refractivity contribution in [1.29, 1.82) is 0 Å². The van der Waals surface area contributed by atoms with Crippen LogP contribution in [0.3, 0.4) is 0 Å². The monoisotopic (exact) mass is 227 g/mol. The van der Waals surface area contributed by atoms with Crippen LogP contribution in [-0.2, 0) is 9.53 Å². The van der Waals surface area contributed by atoms with Gasteiger partial charge in [-0.2, -0.15) is 0 Å². The van der Waals surface area contributed by atoms with Crippen LogP contribution in [0.15, 0.2) is 0 Å². The molecule has 1 fully saturated rings. The van der Waals surface area contributed by atoms with Gasteiger partial charge < -0.3 is 9.64 Å². The average molecular weight is 227 g/mol. The van der Waals surface area contributed by atoms with Crippen LogP contribution in [0.5, 0.6) is 0 Å². The summed E-state index contributed by atoms with van der Waals surface area (Å²) in [5, 5.41) is 0. The third-order valence-electron chi connectivity index (χ3n) is 3.59. The highest BCUT2D eigenvalue weighted by molar-refractivity contribution is 5.76. The second kappa shape index (κ2) is 5.67. The fourth-order valence-electron chi connectivity index (χ4n) is 2.34. The Morgan fingerprint density at radius 3 is 2.31 bits per heavy atom. The Hall–Kier alpha value is -0.570. The van der Waals surface area contributed by atoms with Crippen LogP contribution in [0.25, 0.3) is 0 Å². The van der Waals surface area contributed by atoms with E-state index in [0.29, 0.717) is 18.4 Å². The van der Waals surface area contributed by atoms with Gasteiger partial charge in [0.1, 0.15) is 0 Å². The highest BCUT2D eigenvalue weighted by Gasteiger charge is 2.29. The van der Waals surface area contributed by atoms with Crippen LogP contribution in [-0.4, -0.2) is 37.6 Å². The number of ether oxygens (including phenoxy) is 1. The van der Waals surface area contributed by atoms with E-state index in [1.165, 1.54) is 0 Å². The number of rotatable bonds is 3. The van der Waals surface area contributed by atoms with Crippen molar-refractivity contribution in [3.05, 3.63) is 0 Å². The number of carbonyl (C=O) groups excluding carboxylic acids is 1. The lowest BCUT2D eigenvalue weighted by Crippen LogP contribution is -2.41. The zero-order chi connectivity index (χ0) is 12.2. The van der Waals surface area contributed by atoms with E-state index in [1.54, 1.807) is 7.11 Å². The summed E-state index contributed by atoms with van der Waals surface area (Å²) in [6.07, 6.45) is 2.81. The molecule has 1 amide bonds. The zero-order valence-electron chi connectivity index (χ0n) is 11.1. The number of methoxy groups -OCH3 is 1. The lowest BCUT2D eigenvalue weighted by molar-refractivity contribution is -0.134. The highest BCUT2D eigenvalue weighted by Crippen LogP contribution is 2.34. The van der Waals surface area contributed by atoms with Crippen LogP contribution in [0, 0.1) is 11.3 Å². The van der Waals surface area contributed by atoms with Gasteiger partial charge in [0, 0.05) is 20.2 Å². The van der Waals surface area contributed by atoms with E-state index in [2.05, 4.69) is 20.8 Å². The fraction of sp³-hybridized carbons (Fsp3) is 0.923. The molecule has 1 rings (SSSR count). The molecule has 0 N–H and O–H groups in total. The molecule has 0 saturated carbocycles. The van der Waals surface area contributed by atoms with E-state index in [4.69, 9.17) is 4.74 Å². The van der Waals surface area contributed by atoms with Crippen molar-refractivity contribution >= 4 is 5.91 Å². The normalized spacial score (nSPS) is 18.9. The number of piperidine rings is 1. The largest absolute Gasteiger partial charge is 0.384 e. The molecule has 1 saturated heterocycles. The predicted octanol–water partition coefficient (Wildman–Crippen LogP) is 2.31. The standard InChI is InChI=1S/C13H25NO2/c1-13(2,3)11-5-8-14(9-6-11)12(15)7-10-16-4/h11H,5-10H2,1-4H3. The van der Waals surface area contributed by atoms with Gasteiger partial charge in [0.05, 0.1) is 13.0 Å². The number of hydrogen-bond acceptors (Lipinski definition) is 2. The summed E-state index contributed by atoms with van der Waals surface area (Å²) in [6, 6.07) is 0. The molecule has 0 unspecified atom stereocenters. The molecule has 3 nitrogen and oxygen atoms in total. The van der Waals surface area contributed by atoms with Crippen molar-refractivity contribution < 1.29 is 9.53 Å². The van der Waals surface area contributed by atoms with Crippen molar-refractivity contribution in [1.82, 2.24) is 4.90 Å². The molecule has 0 bridgehead atoms. The second-order valence-electron chi connectivity index (χ2n) is 5.76. The molecule has 0 aromatic rings. The van der Waals surface area contributed by atoms with E-state index in [-0.39, 0.29) is 5.91 Å². The third kappa shape index (κ3) is 3.78. The first-order valence-corrected chi connectivity index (χ1v) is 6.22. The van der Waals surface area contributed by atoms with Crippen molar-refractivity contribution in [2.75, 3.05) is 26.8 Å². The Labute approximate surface area is 99.1 Å². The molecule has 1 aliphatic heterocycles. The topological polar surface area (TPSA) is 29.5 Å². The Morgan fingerprint density at radius 1 is 1.31 bits per heavy atom. The maximum absolute atomic E-state index is 11.8. The Balaban J connectivity index is 2.34. The van der Waals surface area contributed by atoms with Crippen molar-refractivity contribution in [3.8, 4) is 0 Å². The molecular weight excluding hydrogens is 202 g/mol. The highest BCUT2D eigenvalue weighted by atomic mass is 16.5. The van der Waals surface area contributed by atoms with Gasteiger partial charge in [-0.3, -0.25) is 4.79 Å². The van der Waals surface area contributed by atoms with E-state index in [9.17, 15) is 4.79 Å². The number of likely N-dealkylation sites (tertiary alicyclic amines) is 1. The Bertz CT molecular complexity index is 225. The Kier molecular flexibility index (Phi) is 4.78. The summed E-state index contributed by atoms with van der Waals surface area (Å²) in [5.74, 6) is 0.994. The lowest BCUT2D eigenvalue weighted by atomic mass is 9.75. The minimum atomic E-state index is 0.245. The molecule has 0 aromatic carbocycles. The molecule has 16 heavy (non-hydrogen) atoms. The first-order chi connectivity index (χ1) is 7.45. The van der Waals surface area contributed by atoms with Gasteiger partial charge in [-0.1, -0.05) is 20.8 Å². The van der Waals surface area contributed by atoms with E-state index in [1.807, 2.05) is 4.90 Å². The van der Waals surface area contributed by atoms with E-state index >= 15 is 0 Å². The van der Waals surface area contributed by atoms with E-state index < -0.39 is 0 Å². The summed E-state index contributed by atoms with van der Waals surface area (Å²) < 4.78 is 4.93. The molecule has 3 heteroatoms. The zero-order valence-corrected chi connectivity index (χ0v) is 11.1. The summed E-state index contributed by atoms with van der Waals surface area (Å²) in [7, 11) is 1.64. The maximum atomic E-state index is 11.8. The smallest absolute Gasteiger partial charge is 0.224 e. The SMILES string of the molecule is COCCC(=O)N1CCC(C(C)(C)C)CC1. The summed E-state index contributed by atoms with van der Waals surface area (Å²) in [4.78, 5) is 13.7. The van der Waals surface area contributed by atoms with Gasteiger partial charge in [0.15, 0.2) is 0 Å². The van der Waals surface area contributed by atoms with Gasteiger partial charge in [-0.25, -0.2) is 0 Å². The first-order valence-electron chi connectivity index (χ1n) is 6.22. The lowest BCUT2D eigenvalue weighted by Gasteiger charge is -2.38. The molecule has 0 aliphatic carbocycles. The third-order valence-corrected chi connectivity index (χ3v) is 3.59. The van der Waals surface area contributed by atoms with Crippen LogP contribution in [0.2, 0.25) is 0 Å². The van der Waals surface area contributed by atoms with E-state index in [0.717, 1.165) is 31.8 Å².